The maximum Gasteiger partial charge on any atom is 0.263 e. The minimum absolute atomic E-state index is 0.0471. The van der Waals surface area contributed by atoms with E-state index in [0.717, 1.165) is 35.2 Å². The summed E-state index contributed by atoms with van der Waals surface area (Å²) in [5.74, 6) is -0.119. The highest BCUT2D eigenvalue weighted by Gasteiger charge is 2.27. The molecule has 0 unspecified atom stereocenters. The SMILES string of the molecule is O=C(c1ccoc1)N(C[C@@H]1CCCO1)c1nc(-c2ccc(Br)cc2)cs1. The molecule has 1 aromatic carbocycles. The predicted molar refractivity (Wildman–Crippen MR) is 105 cm³/mol. The number of halogens is 1. The second-order valence-electron chi connectivity index (χ2n) is 6.09. The molecule has 0 saturated carbocycles. The van der Waals surface area contributed by atoms with Gasteiger partial charge in [-0.2, -0.15) is 0 Å². The third kappa shape index (κ3) is 3.75. The molecule has 3 heterocycles. The number of amides is 1. The maximum absolute atomic E-state index is 13.0. The number of anilines is 1. The van der Waals surface area contributed by atoms with Crippen LogP contribution in [0, 0.1) is 0 Å². The van der Waals surface area contributed by atoms with E-state index in [1.165, 1.54) is 23.9 Å². The molecular formula is C19H17BrN2O3S. The zero-order valence-corrected chi connectivity index (χ0v) is 16.3. The molecule has 1 aliphatic rings. The molecular weight excluding hydrogens is 416 g/mol. The smallest absolute Gasteiger partial charge is 0.263 e. The molecule has 1 amide bonds. The van der Waals surface area contributed by atoms with Crippen LogP contribution in [0.3, 0.4) is 0 Å². The Morgan fingerprint density at radius 2 is 2.15 bits per heavy atom. The summed E-state index contributed by atoms with van der Waals surface area (Å²) in [7, 11) is 0. The van der Waals surface area contributed by atoms with Crippen molar-refractivity contribution in [3.63, 3.8) is 0 Å². The fraction of sp³-hybridized carbons (Fsp3) is 0.263. The van der Waals surface area contributed by atoms with Crippen LogP contribution in [0.4, 0.5) is 5.13 Å². The first-order valence-electron chi connectivity index (χ1n) is 8.38. The Hall–Kier alpha value is -1.96. The Balaban J connectivity index is 1.62. The highest BCUT2D eigenvalue weighted by atomic mass is 79.9. The van der Waals surface area contributed by atoms with Gasteiger partial charge in [-0.15, -0.1) is 11.3 Å². The number of hydrogen-bond acceptors (Lipinski definition) is 5. The van der Waals surface area contributed by atoms with Gasteiger partial charge in [0.15, 0.2) is 5.13 Å². The second-order valence-corrected chi connectivity index (χ2v) is 7.84. The monoisotopic (exact) mass is 432 g/mol. The van der Waals surface area contributed by atoms with Crippen molar-refractivity contribution in [1.82, 2.24) is 4.98 Å². The highest BCUT2D eigenvalue weighted by molar-refractivity contribution is 9.10. The van der Waals surface area contributed by atoms with Crippen molar-refractivity contribution in [3.05, 3.63) is 58.3 Å². The van der Waals surface area contributed by atoms with E-state index in [9.17, 15) is 4.79 Å². The molecule has 2 aromatic heterocycles. The number of carbonyl (C=O) groups excluding carboxylic acids is 1. The topological polar surface area (TPSA) is 55.6 Å². The lowest BCUT2D eigenvalue weighted by molar-refractivity contribution is 0.0917. The minimum Gasteiger partial charge on any atom is -0.472 e. The van der Waals surface area contributed by atoms with Gasteiger partial charge in [-0.1, -0.05) is 28.1 Å². The van der Waals surface area contributed by atoms with E-state index in [-0.39, 0.29) is 12.0 Å². The van der Waals surface area contributed by atoms with E-state index in [4.69, 9.17) is 14.1 Å². The zero-order chi connectivity index (χ0) is 17.9. The molecule has 0 aliphatic carbocycles. The van der Waals surface area contributed by atoms with Crippen LogP contribution >= 0.6 is 27.3 Å². The Labute approximate surface area is 163 Å². The molecule has 1 saturated heterocycles. The summed E-state index contributed by atoms with van der Waals surface area (Å²) in [5, 5.41) is 2.65. The van der Waals surface area contributed by atoms with Gasteiger partial charge in [-0.25, -0.2) is 4.98 Å². The summed E-state index contributed by atoms with van der Waals surface area (Å²) in [5.41, 5.74) is 2.39. The fourth-order valence-electron chi connectivity index (χ4n) is 2.92. The van der Waals surface area contributed by atoms with Gasteiger partial charge in [0.1, 0.15) is 6.26 Å². The van der Waals surface area contributed by atoms with Crippen LogP contribution in [-0.2, 0) is 4.74 Å². The number of furan rings is 1. The molecule has 5 nitrogen and oxygen atoms in total. The van der Waals surface area contributed by atoms with Crippen molar-refractivity contribution in [2.45, 2.75) is 18.9 Å². The average Bonchev–Trinajstić information content (AvgIpc) is 3.42. The summed E-state index contributed by atoms with van der Waals surface area (Å²) >= 11 is 4.90. The molecule has 1 fully saturated rings. The fourth-order valence-corrected chi connectivity index (χ4v) is 4.03. The first kappa shape index (κ1) is 17.5. The summed E-state index contributed by atoms with van der Waals surface area (Å²) in [4.78, 5) is 19.4. The van der Waals surface area contributed by atoms with Crippen molar-refractivity contribution >= 4 is 38.3 Å². The summed E-state index contributed by atoms with van der Waals surface area (Å²) in [6, 6.07) is 9.65. The number of hydrogen-bond donors (Lipinski definition) is 0. The van der Waals surface area contributed by atoms with E-state index in [2.05, 4.69) is 15.9 Å². The van der Waals surface area contributed by atoms with Crippen LogP contribution < -0.4 is 4.90 Å². The van der Waals surface area contributed by atoms with Gasteiger partial charge >= 0.3 is 0 Å². The minimum atomic E-state index is -0.119. The van der Waals surface area contributed by atoms with Crippen molar-refractivity contribution in [1.29, 1.82) is 0 Å². The predicted octanol–water partition coefficient (Wildman–Crippen LogP) is 4.99. The second kappa shape index (κ2) is 7.73. The standard InChI is InChI=1S/C19H17BrN2O3S/c20-15-5-3-13(4-6-15)17-12-26-19(21-17)22(10-16-2-1-8-25-16)18(23)14-7-9-24-11-14/h3-7,9,11-12,16H,1-2,8,10H2/t16-/m0/s1. The lowest BCUT2D eigenvalue weighted by Gasteiger charge is -2.22. The summed E-state index contributed by atoms with van der Waals surface area (Å²) < 4.78 is 11.8. The van der Waals surface area contributed by atoms with E-state index in [1.807, 2.05) is 29.6 Å². The van der Waals surface area contributed by atoms with E-state index in [0.29, 0.717) is 17.2 Å². The third-order valence-electron chi connectivity index (χ3n) is 4.29. The average molecular weight is 433 g/mol. The van der Waals surface area contributed by atoms with Gasteiger partial charge in [0.25, 0.3) is 5.91 Å². The third-order valence-corrected chi connectivity index (χ3v) is 5.68. The number of rotatable bonds is 5. The lowest BCUT2D eigenvalue weighted by Crippen LogP contribution is -2.37. The van der Waals surface area contributed by atoms with Crippen LogP contribution in [0.1, 0.15) is 23.2 Å². The van der Waals surface area contributed by atoms with Crippen LogP contribution in [0.15, 0.2) is 57.1 Å². The Morgan fingerprint density at radius 3 is 2.85 bits per heavy atom. The van der Waals surface area contributed by atoms with Gasteiger partial charge in [-0.3, -0.25) is 9.69 Å². The van der Waals surface area contributed by atoms with Crippen molar-refractivity contribution in [3.8, 4) is 11.3 Å². The Kier molecular flexibility index (Phi) is 5.19. The molecule has 0 radical (unpaired) electrons. The molecule has 0 spiro atoms. The molecule has 1 aliphatic heterocycles. The molecule has 26 heavy (non-hydrogen) atoms. The van der Waals surface area contributed by atoms with Crippen molar-refractivity contribution < 1.29 is 13.9 Å². The first-order valence-corrected chi connectivity index (χ1v) is 10.0. The molecule has 134 valence electrons. The van der Waals surface area contributed by atoms with E-state index < -0.39 is 0 Å². The number of aromatic nitrogens is 1. The molecule has 0 bridgehead atoms. The van der Waals surface area contributed by atoms with Gasteiger partial charge < -0.3 is 9.15 Å². The first-order chi connectivity index (χ1) is 12.7. The van der Waals surface area contributed by atoms with E-state index in [1.54, 1.807) is 11.0 Å². The van der Waals surface area contributed by atoms with Gasteiger partial charge in [0.05, 0.1) is 30.2 Å². The Morgan fingerprint density at radius 1 is 1.31 bits per heavy atom. The van der Waals surface area contributed by atoms with Gasteiger partial charge in [0.2, 0.25) is 0 Å². The lowest BCUT2D eigenvalue weighted by atomic mass is 10.2. The maximum atomic E-state index is 13.0. The number of thiazole rings is 1. The number of carbonyl (C=O) groups is 1. The molecule has 1 atom stereocenters. The molecule has 7 heteroatoms. The summed E-state index contributed by atoms with van der Waals surface area (Å²) in [6.45, 7) is 1.25. The quantitative estimate of drug-likeness (QED) is 0.569. The van der Waals surface area contributed by atoms with Crippen LogP contribution in [0.5, 0.6) is 0 Å². The number of ether oxygens (including phenoxy) is 1. The normalized spacial score (nSPS) is 16.7. The Bertz CT molecular complexity index is 871. The zero-order valence-electron chi connectivity index (χ0n) is 13.9. The molecule has 0 N–H and O–H groups in total. The summed E-state index contributed by atoms with van der Waals surface area (Å²) in [6.07, 6.45) is 5.01. The largest absolute Gasteiger partial charge is 0.472 e. The van der Waals surface area contributed by atoms with Crippen molar-refractivity contribution in [2.75, 3.05) is 18.1 Å². The van der Waals surface area contributed by atoms with Gasteiger partial charge in [0, 0.05) is 22.0 Å². The molecule has 4 rings (SSSR count). The van der Waals surface area contributed by atoms with E-state index >= 15 is 0 Å². The van der Waals surface area contributed by atoms with Crippen molar-refractivity contribution in [2.24, 2.45) is 0 Å². The molecule has 3 aromatic rings. The highest BCUT2D eigenvalue weighted by Crippen LogP contribution is 2.30. The number of benzene rings is 1. The van der Waals surface area contributed by atoms with Crippen LogP contribution in [0.2, 0.25) is 0 Å². The van der Waals surface area contributed by atoms with Crippen LogP contribution in [0.25, 0.3) is 11.3 Å². The number of nitrogens with zero attached hydrogens (tertiary/aromatic N) is 2. The van der Waals surface area contributed by atoms with Gasteiger partial charge in [-0.05, 0) is 31.0 Å². The van der Waals surface area contributed by atoms with Crippen LogP contribution in [-0.4, -0.2) is 30.1 Å².